The van der Waals surface area contributed by atoms with E-state index in [1.807, 2.05) is 6.92 Å². The molecule has 1 aliphatic rings. The predicted octanol–water partition coefficient (Wildman–Crippen LogP) is 1.47. The van der Waals surface area contributed by atoms with Gasteiger partial charge in [0.15, 0.2) is 3.61 Å². The third-order valence-corrected chi connectivity index (χ3v) is 1.86. The number of alkyl halides is 1. The smallest absolute Gasteiger partial charge is 0.307 e. The average Bonchev–Trinajstić information content (AvgIpc) is 1.82. The number of carbonyl (C=O) groups is 1. The molecule has 8 heavy (non-hydrogen) atoms. The predicted molar refractivity (Wildman–Crippen MR) is 37.8 cm³/mol. The van der Waals surface area contributed by atoms with E-state index in [0.717, 1.165) is 6.42 Å². The van der Waals surface area contributed by atoms with Crippen LogP contribution in [0.15, 0.2) is 0 Å². The number of esters is 1. The van der Waals surface area contributed by atoms with Crippen LogP contribution < -0.4 is 0 Å². The van der Waals surface area contributed by atoms with Crippen molar-refractivity contribution in [1.29, 1.82) is 0 Å². The van der Waals surface area contributed by atoms with Gasteiger partial charge in [-0.1, -0.05) is 0 Å². The van der Waals surface area contributed by atoms with Gasteiger partial charge in [-0.25, -0.2) is 0 Å². The van der Waals surface area contributed by atoms with Crippen molar-refractivity contribution in [3.63, 3.8) is 0 Å². The van der Waals surface area contributed by atoms with E-state index in [1.165, 1.54) is 0 Å². The molecule has 1 saturated heterocycles. The Morgan fingerprint density at radius 1 is 1.88 bits per heavy atom. The lowest BCUT2D eigenvalue weighted by Crippen LogP contribution is -2.12. The molecule has 1 rings (SSSR count). The highest BCUT2D eigenvalue weighted by Crippen LogP contribution is 2.31. The van der Waals surface area contributed by atoms with Crippen LogP contribution in [0.5, 0.6) is 0 Å². The highest BCUT2D eigenvalue weighted by molar-refractivity contribution is 14.1. The maximum absolute atomic E-state index is 10.4. The van der Waals surface area contributed by atoms with Gasteiger partial charge in [-0.15, -0.1) is 0 Å². The fourth-order valence-electron chi connectivity index (χ4n) is 0.665. The summed E-state index contributed by atoms with van der Waals surface area (Å²) < 4.78 is 4.68. The third-order valence-electron chi connectivity index (χ3n) is 1.10. The molecule has 0 N–H and O–H groups in total. The second kappa shape index (κ2) is 1.86. The van der Waals surface area contributed by atoms with Crippen molar-refractivity contribution in [3.8, 4) is 0 Å². The highest BCUT2D eigenvalue weighted by atomic mass is 127. The molecule has 0 aliphatic carbocycles. The summed E-state index contributed by atoms with van der Waals surface area (Å²) >= 11 is 2.14. The number of halogens is 1. The second-order valence-corrected chi connectivity index (χ2v) is 4.36. The molecule has 0 aromatic rings. The van der Waals surface area contributed by atoms with Crippen LogP contribution in [0.4, 0.5) is 0 Å². The van der Waals surface area contributed by atoms with Crippen molar-refractivity contribution < 1.29 is 9.53 Å². The Morgan fingerprint density at radius 3 is 2.62 bits per heavy atom. The van der Waals surface area contributed by atoms with Crippen molar-refractivity contribution in [3.05, 3.63) is 0 Å². The molecule has 1 unspecified atom stereocenters. The Morgan fingerprint density at radius 2 is 2.50 bits per heavy atom. The van der Waals surface area contributed by atoms with Crippen LogP contribution in [0.3, 0.4) is 0 Å². The van der Waals surface area contributed by atoms with E-state index in [0.29, 0.717) is 6.42 Å². The lowest BCUT2D eigenvalue weighted by Gasteiger charge is -2.11. The van der Waals surface area contributed by atoms with Crippen molar-refractivity contribution in [2.45, 2.75) is 23.4 Å². The van der Waals surface area contributed by atoms with E-state index in [1.54, 1.807) is 0 Å². The van der Waals surface area contributed by atoms with E-state index in [-0.39, 0.29) is 9.58 Å². The maximum atomic E-state index is 10.4. The van der Waals surface area contributed by atoms with Gasteiger partial charge < -0.3 is 4.74 Å². The van der Waals surface area contributed by atoms with Gasteiger partial charge in [0.1, 0.15) is 0 Å². The molecule has 0 amide bonds. The molecule has 1 heterocycles. The van der Waals surface area contributed by atoms with Crippen LogP contribution in [-0.2, 0) is 9.53 Å². The minimum absolute atomic E-state index is 0.0677. The van der Waals surface area contributed by atoms with E-state index in [4.69, 9.17) is 4.74 Å². The minimum Gasteiger partial charge on any atom is -0.449 e. The third kappa shape index (κ3) is 1.34. The molecule has 0 spiro atoms. The highest BCUT2D eigenvalue weighted by Gasteiger charge is 2.32. The summed E-state index contributed by atoms with van der Waals surface area (Å²) in [6, 6.07) is 0. The van der Waals surface area contributed by atoms with Crippen LogP contribution >= 0.6 is 22.6 Å². The molecular weight excluding hydrogens is 219 g/mol. The lowest BCUT2D eigenvalue weighted by molar-refractivity contribution is -0.141. The Balaban J connectivity index is 2.56. The summed E-state index contributed by atoms with van der Waals surface area (Å²) in [6.45, 7) is 1.92. The molecule has 0 radical (unpaired) electrons. The summed E-state index contributed by atoms with van der Waals surface area (Å²) in [5, 5.41) is 0. The van der Waals surface area contributed by atoms with Gasteiger partial charge in [0.2, 0.25) is 0 Å². The first-order chi connectivity index (χ1) is 3.60. The number of carbonyl (C=O) groups excluding carboxylic acids is 1. The van der Waals surface area contributed by atoms with Gasteiger partial charge in [0, 0.05) is 6.42 Å². The Bertz CT molecular complexity index is 120. The van der Waals surface area contributed by atoms with E-state index < -0.39 is 0 Å². The van der Waals surface area contributed by atoms with Crippen LogP contribution in [0.2, 0.25) is 0 Å². The lowest BCUT2D eigenvalue weighted by atomic mass is 10.3. The zero-order valence-corrected chi connectivity index (χ0v) is 6.77. The fourth-order valence-corrected chi connectivity index (χ4v) is 1.18. The first-order valence-corrected chi connectivity index (χ1v) is 3.59. The topological polar surface area (TPSA) is 26.3 Å². The number of hydrogen-bond acceptors (Lipinski definition) is 2. The molecule has 0 aromatic carbocycles. The van der Waals surface area contributed by atoms with Crippen molar-refractivity contribution in [1.82, 2.24) is 0 Å². The molecule has 3 heteroatoms. The standard InChI is InChI=1S/C5H7IO2/c1-5(6)3-2-4(7)8-5/h2-3H2,1H3. The maximum Gasteiger partial charge on any atom is 0.307 e. The molecule has 0 aromatic heterocycles. The number of rotatable bonds is 0. The summed E-state index contributed by atoms with van der Waals surface area (Å²) in [4.78, 5) is 10.4. The van der Waals surface area contributed by atoms with Gasteiger partial charge >= 0.3 is 5.97 Å². The van der Waals surface area contributed by atoms with Crippen molar-refractivity contribution in [2.24, 2.45) is 0 Å². The van der Waals surface area contributed by atoms with Crippen LogP contribution in [0, 0.1) is 0 Å². The van der Waals surface area contributed by atoms with Gasteiger partial charge in [-0.3, -0.25) is 4.79 Å². The van der Waals surface area contributed by atoms with Crippen LogP contribution in [0.25, 0.3) is 0 Å². The first-order valence-electron chi connectivity index (χ1n) is 2.51. The van der Waals surface area contributed by atoms with E-state index in [2.05, 4.69) is 22.6 Å². The quantitative estimate of drug-likeness (QED) is 0.355. The molecule has 46 valence electrons. The Labute approximate surface area is 61.7 Å². The number of ether oxygens (including phenoxy) is 1. The number of hydrogen-bond donors (Lipinski definition) is 0. The Kier molecular flexibility index (Phi) is 1.47. The van der Waals surface area contributed by atoms with Crippen molar-refractivity contribution in [2.75, 3.05) is 0 Å². The van der Waals surface area contributed by atoms with Crippen LogP contribution in [-0.4, -0.2) is 9.58 Å². The molecule has 0 bridgehead atoms. The normalized spacial score (nSPS) is 37.5. The molecular formula is C5H7IO2. The monoisotopic (exact) mass is 226 g/mol. The van der Waals surface area contributed by atoms with Gasteiger partial charge in [0.05, 0.1) is 6.42 Å². The largest absolute Gasteiger partial charge is 0.449 e. The zero-order chi connectivity index (χ0) is 6.20. The number of cyclic esters (lactones) is 1. The first kappa shape index (κ1) is 6.32. The fraction of sp³-hybridized carbons (Fsp3) is 0.800. The summed E-state index contributed by atoms with van der Waals surface area (Å²) in [6.07, 6.45) is 1.44. The van der Waals surface area contributed by atoms with E-state index >= 15 is 0 Å². The minimum atomic E-state index is -0.213. The summed E-state index contributed by atoms with van der Waals surface area (Å²) in [5.41, 5.74) is 0. The molecule has 0 saturated carbocycles. The molecule has 1 aliphatic heterocycles. The average molecular weight is 226 g/mol. The SMILES string of the molecule is CC1(I)CCC(=O)O1. The second-order valence-electron chi connectivity index (χ2n) is 2.08. The van der Waals surface area contributed by atoms with Crippen LogP contribution in [0.1, 0.15) is 19.8 Å². The van der Waals surface area contributed by atoms with Crippen molar-refractivity contribution >= 4 is 28.6 Å². The van der Waals surface area contributed by atoms with E-state index in [9.17, 15) is 4.79 Å². The Hall–Kier alpha value is 0.200. The zero-order valence-electron chi connectivity index (χ0n) is 4.61. The summed E-state index contributed by atoms with van der Waals surface area (Å²) in [5.74, 6) is -0.0677. The molecule has 1 atom stereocenters. The summed E-state index contributed by atoms with van der Waals surface area (Å²) in [7, 11) is 0. The van der Waals surface area contributed by atoms with Gasteiger partial charge in [0.25, 0.3) is 0 Å². The van der Waals surface area contributed by atoms with Gasteiger partial charge in [-0.05, 0) is 29.5 Å². The molecule has 1 fully saturated rings. The molecule has 2 nitrogen and oxygen atoms in total. The van der Waals surface area contributed by atoms with Gasteiger partial charge in [-0.2, -0.15) is 0 Å².